The fourth-order valence-electron chi connectivity index (χ4n) is 5.41. The van der Waals surface area contributed by atoms with Crippen molar-refractivity contribution < 1.29 is 24.3 Å². The Labute approximate surface area is 246 Å². The van der Waals surface area contributed by atoms with E-state index >= 15 is 0 Å². The van der Waals surface area contributed by atoms with E-state index in [-0.39, 0.29) is 56.1 Å². The number of amides is 3. The fraction of sp³-hybridized carbons (Fsp3) is 0.500. The third-order valence-electron chi connectivity index (χ3n) is 7.56. The minimum absolute atomic E-state index is 0.0647. The molecule has 0 aliphatic carbocycles. The number of nitrogens with one attached hydrogen (secondary N) is 3. The van der Waals surface area contributed by atoms with Gasteiger partial charge in [0, 0.05) is 48.9 Å². The first-order valence-electron chi connectivity index (χ1n) is 14.3. The van der Waals surface area contributed by atoms with Crippen LogP contribution in [0.3, 0.4) is 0 Å². The zero-order valence-electron chi connectivity index (χ0n) is 24.7. The number of rotatable bonds is 13. The van der Waals surface area contributed by atoms with Crippen LogP contribution in [0.15, 0.2) is 47.1 Å². The summed E-state index contributed by atoms with van der Waals surface area (Å²) < 4.78 is 0. The predicted octanol–water partition coefficient (Wildman–Crippen LogP) is 1.66. The number of carboxylic acids is 1. The van der Waals surface area contributed by atoms with Gasteiger partial charge in [0.05, 0.1) is 0 Å². The van der Waals surface area contributed by atoms with Gasteiger partial charge in [0.1, 0.15) is 18.1 Å². The molecule has 0 bridgehead atoms. The number of benzene rings is 1. The molecule has 12 nitrogen and oxygen atoms in total. The quantitative estimate of drug-likeness (QED) is 0.0895. The summed E-state index contributed by atoms with van der Waals surface area (Å²) in [6.45, 7) is 7.96. The molecule has 228 valence electrons. The van der Waals surface area contributed by atoms with Crippen molar-refractivity contribution in [1.82, 2.24) is 20.5 Å². The maximum atomic E-state index is 13.9. The number of carboxylic acid groups (broad SMARTS) is 1. The van der Waals surface area contributed by atoms with E-state index in [1.807, 2.05) is 58.0 Å². The van der Waals surface area contributed by atoms with Gasteiger partial charge >= 0.3 is 5.97 Å². The molecule has 2 aromatic rings. The molecule has 0 unspecified atom stereocenters. The van der Waals surface area contributed by atoms with Crippen LogP contribution in [0.25, 0.3) is 10.9 Å². The molecule has 1 fully saturated rings. The zero-order valence-corrected chi connectivity index (χ0v) is 24.7. The molecule has 1 aromatic heterocycles. The normalized spacial score (nSPS) is 19.1. The van der Waals surface area contributed by atoms with Crippen molar-refractivity contribution in [2.45, 2.75) is 71.5 Å². The molecule has 2 heterocycles. The Morgan fingerprint density at radius 1 is 1.17 bits per heavy atom. The minimum atomic E-state index is -1.21. The first-order chi connectivity index (χ1) is 19.9. The van der Waals surface area contributed by atoms with Crippen LogP contribution in [-0.2, 0) is 25.6 Å². The molecule has 4 atom stereocenters. The van der Waals surface area contributed by atoms with E-state index in [1.54, 1.807) is 6.20 Å². The Morgan fingerprint density at radius 2 is 1.88 bits per heavy atom. The van der Waals surface area contributed by atoms with Crippen LogP contribution in [-0.4, -0.2) is 75.9 Å². The molecule has 3 amide bonds. The standard InChI is InChI=1S/C30H43N7O5/c1-5-19-16-37(28(40)23(11-8-12-33-30(31)32)35-25(38)13-17(2)3)26(18(19)4)27(39)36-24(29(41)42)14-20-15-34-22-10-7-6-9-21(20)22/h5-7,9-10,15,17-18,23-24,26,34H,8,11-14,16H2,1-4H3,(H,35,38)(H,36,39)(H,41,42)(H4,31,32,33)/b19-5+/t18-,23+,24+,26+/m1/s1. The molecule has 1 aliphatic rings. The van der Waals surface area contributed by atoms with Gasteiger partial charge in [-0.2, -0.15) is 0 Å². The zero-order chi connectivity index (χ0) is 31.0. The van der Waals surface area contributed by atoms with Gasteiger partial charge < -0.3 is 37.1 Å². The number of likely N-dealkylation sites (tertiary alicyclic amines) is 1. The highest BCUT2D eigenvalue weighted by atomic mass is 16.4. The Hall–Kier alpha value is -4.35. The minimum Gasteiger partial charge on any atom is -0.480 e. The number of allylic oxidation sites excluding steroid dienone is 1. The summed E-state index contributed by atoms with van der Waals surface area (Å²) in [5, 5.41) is 16.4. The molecule has 0 radical (unpaired) electrons. The molecule has 1 aromatic carbocycles. The molecule has 0 saturated carbocycles. The molecular weight excluding hydrogens is 538 g/mol. The Kier molecular flexibility index (Phi) is 11.1. The van der Waals surface area contributed by atoms with E-state index in [0.717, 1.165) is 22.0 Å². The second-order valence-electron chi connectivity index (χ2n) is 11.2. The average Bonchev–Trinajstić information content (AvgIpc) is 3.49. The summed E-state index contributed by atoms with van der Waals surface area (Å²) in [4.78, 5) is 61.1. The second-order valence-corrected chi connectivity index (χ2v) is 11.2. The first-order valence-corrected chi connectivity index (χ1v) is 14.3. The summed E-state index contributed by atoms with van der Waals surface area (Å²) in [5.74, 6) is -2.75. The van der Waals surface area contributed by atoms with E-state index < -0.39 is 35.9 Å². The monoisotopic (exact) mass is 581 g/mol. The number of para-hydroxylation sites is 1. The molecular formula is C30H43N7O5. The lowest BCUT2D eigenvalue weighted by molar-refractivity contribution is -0.145. The number of hydrogen-bond donors (Lipinski definition) is 6. The fourth-order valence-corrected chi connectivity index (χ4v) is 5.41. The van der Waals surface area contributed by atoms with Gasteiger partial charge in [-0.15, -0.1) is 0 Å². The number of carbonyl (C=O) groups excluding carboxylic acids is 3. The maximum Gasteiger partial charge on any atom is 0.326 e. The number of hydrogen-bond acceptors (Lipinski definition) is 5. The number of aliphatic carboxylic acids is 1. The second kappa shape index (κ2) is 14.5. The lowest BCUT2D eigenvalue weighted by Crippen LogP contribution is -2.56. The van der Waals surface area contributed by atoms with Crippen LogP contribution in [0.4, 0.5) is 0 Å². The van der Waals surface area contributed by atoms with Gasteiger partial charge in [0.2, 0.25) is 17.7 Å². The van der Waals surface area contributed by atoms with Crippen molar-refractivity contribution in [1.29, 1.82) is 0 Å². The number of nitrogens with two attached hydrogens (primary N) is 2. The number of aliphatic imine (C=N–C) groups is 1. The van der Waals surface area contributed by atoms with Crippen molar-refractivity contribution in [3.63, 3.8) is 0 Å². The molecule has 1 aliphatic heterocycles. The van der Waals surface area contributed by atoms with Crippen LogP contribution in [0, 0.1) is 11.8 Å². The van der Waals surface area contributed by atoms with E-state index in [1.165, 1.54) is 4.90 Å². The van der Waals surface area contributed by atoms with Gasteiger partial charge in [0.15, 0.2) is 5.96 Å². The number of fused-ring (bicyclic) bond motifs is 1. The van der Waals surface area contributed by atoms with Crippen LogP contribution in [0.1, 0.15) is 52.5 Å². The third kappa shape index (κ3) is 8.11. The van der Waals surface area contributed by atoms with Gasteiger partial charge in [-0.1, -0.05) is 45.0 Å². The Morgan fingerprint density at radius 3 is 2.52 bits per heavy atom. The number of nitrogens with zero attached hydrogens (tertiary/aromatic N) is 2. The molecule has 42 heavy (non-hydrogen) atoms. The number of aromatic amines is 1. The van der Waals surface area contributed by atoms with E-state index in [9.17, 15) is 24.3 Å². The van der Waals surface area contributed by atoms with Crippen LogP contribution in [0.5, 0.6) is 0 Å². The predicted molar refractivity (Wildman–Crippen MR) is 161 cm³/mol. The van der Waals surface area contributed by atoms with Crippen LogP contribution in [0.2, 0.25) is 0 Å². The highest BCUT2D eigenvalue weighted by molar-refractivity contribution is 5.95. The highest BCUT2D eigenvalue weighted by Crippen LogP contribution is 2.31. The van der Waals surface area contributed by atoms with E-state index in [0.29, 0.717) is 6.42 Å². The SMILES string of the molecule is C/C=C1\CN(C(=O)[C@H](CCCN=C(N)N)NC(=O)CC(C)C)[C@H](C(=O)N[C@@H](Cc2c[nH]c3ccccc23)C(=O)O)[C@@H]1C. The topological polar surface area (TPSA) is 196 Å². The Bertz CT molecular complexity index is 1340. The average molecular weight is 582 g/mol. The van der Waals surface area contributed by atoms with Crippen molar-refractivity contribution in [2.24, 2.45) is 28.3 Å². The third-order valence-corrected chi connectivity index (χ3v) is 7.56. The molecule has 8 N–H and O–H groups in total. The summed E-state index contributed by atoms with van der Waals surface area (Å²) >= 11 is 0. The molecule has 3 rings (SSSR count). The largest absolute Gasteiger partial charge is 0.480 e. The lowest BCUT2D eigenvalue weighted by Gasteiger charge is -2.30. The van der Waals surface area contributed by atoms with Crippen LogP contribution >= 0.6 is 0 Å². The van der Waals surface area contributed by atoms with Gasteiger partial charge in [-0.05, 0) is 42.9 Å². The van der Waals surface area contributed by atoms with Crippen LogP contribution < -0.4 is 22.1 Å². The molecule has 0 spiro atoms. The number of aromatic nitrogens is 1. The summed E-state index contributed by atoms with van der Waals surface area (Å²) in [7, 11) is 0. The number of H-pyrrole nitrogens is 1. The highest BCUT2D eigenvalue weighted by Gasteiger charge is 2.44. The number of carbonyl (C=O) groups is 4. The van der Waals surface area contributed by atoms with Crippen molar-refractivity contribution in [3.05, 3.63) is 47.7 Å². The summed E-state index contributed by atoms with van der Waals surface area (Å²) in [6, 6.07) is 4.47. The van der Waals surface area contributed by atoms with Gasteiger partial charge in [-0.25, -0.2) is 4.79 Å². The molecule has 12 heteroatoms. The summed E-state index contributed by atoms with van der Waals surface area (Å²) in [5.41, 5.74) is 13.3. The lowest BCUT2D eigenvalue weighted by atomic mass is 9.96. The smallest absolute Gasteiger partial charge is 0.326 e. The maximum absolute atomic E-state index is 13.9. The van der Waals surface area contributed by atoms with Gasteiger partial charge in [-0.3, -0.25) is 19.4 Å². The van der Waals surface area contributed by atoms with Crippen molar-refractivity contribution in [3.8, 4) is 0 Å². The van der Waals surface area contributed by atoms with E-state index in [2.05, 4.69) is 20.6 Å². The van der Waals surface area contributed by atoms with Crippen molar-refractivity contribution >= 4 is 40.6 Å². The molecule has 1 saturated heterocycles. The first kappa shape index (κ1) is 32.2. The van der Waals surface area contributed by atoms with Crippen molar-refractivity contribution in [2.75, 3.05) is 13.1 Å². The van der Waals surface area contributed by atoms with E-state index in [4.69, 9.17) is 11.5 Å². The van der Waals surface area contributed by atoms with Gasteiger partial charge in [0.25, 0.3) is 0 Å². The Balaban J connectivity index is 1.83. The number of guanidine groups is 1. The summed E-state index contributed by atoms with van der Waals surface area (Å²) in [6.07, 6.45) is 4.61.